The Hall–Kier alpha value is -4.18. The SMILES string of the molecule is O=C(NCC(Cc1ccccc1)(c1cccc(OC(F)(F)F)c1)c1cccc(OC(F)(F)F)c1)c1cccc(Cl)c1. The van der Waals surface area contributed by atoms with Gasteiger partial charge in [0.25, 0.3) is 5.91 Å². The fraction of sp³-hybridized carbons (Fsp3) is 0.167. The molecular weight excluding hydrogens is 572 g/mol. The third-order valence-corrected chi connectivity index (χ3v) is 6.46. The summed E-state index contributed by atoms with van der Waals surface area (Å²) in [6.45, 7) is -0.224. The molecule has 0 fully saturated rings. The zero-order valence-electron chi connectivity index (χ0n) is 21.1. The van der Waals surface area contributed by atoms with Crippen molar-refractivity contribution in [1.29, 1.82) is 0 Å². The van der Waals surface area contributed by atoms with E-state index in [-0.39, 0.29) is 29.7 Å². The van der Waals surface area contributed by atoms with Gasteiger partial charge in [-0.3, -0.25) is 4.79 Å². The first-order chi connectivity index (χ1) is 19.3. The van der Waals surface area contributed by atoms with E-state index in [2.05, 4.69) is 14.8 Å². The summed E-state index contributed by atoms with van der Waals surface area (Å²) in [5.74, 6) is -1.61. The molecule has 0 aliphatic carbocycles. The van der Waals surface area contributed by atoms with Crippen LogP contribution in [0.3, 0.4) is 0 Å². The number of amides is 1. The molecule has 1 N–H and O–H groups in total. The lowest BCUT2D eigenvalue weighted by atomic mass is 9.70. The van der Waals surface area contributed by atoms with Crippen molar-refractivity contribution in [3.63, 3.8) is 0 Å². The Kier molecular flexibility index (Phi) is 8.82. The van der Waals surface area contributed by atoms with E-state index in [0.29, 0.717) is 10.6 Å². The molecule has 0 atom stereocenters. The van der Waals surface area contributed by atoms with Gasteiger partial charge in [-0.2, -0.15) is 0 Å². The molecule has 0 unspecified atom stereocenters. The number of nitrogens with one attached hydrogen (secondary N) is 1. The summed E-state index contributed by atoms with van der Waals surface area (Å²) in [4.78, 5) is 13.2. The number of rotatable bonds is 9. The van der Waals surface area contributed by atoms with Crippen LogP contribution in [0, 0.1) is 0 Å². The third-order valence-electron chi connectivity index (χ3n) is 6.23. The molecule has 0 spiro atoms. The van der Waals surface area contributed by atoms with Crippen molar-refractivity contribution in [1.82, 2.24) is 5.32 Å². The molecule has 0 aromatic heterocycles. The molecule has 0 saturated heterocycles. The van der Waals surface area contributed by atoms with Gasteiger partial charge in [0.05, 0.1) is 0 Å². The summed E-state index contributed by atoms with van der Waals surface area (Å²) in [5, 5.41) is 3.10. The average Bonchev–Trinajstić information content (AvgIpc) is 2.90. The van der Waals surface area contributed by atoms with Crippen LogP contribution in [0.15, 0.2) is 103 Å². The van der Waals surface area contributed by atoms with E-state index in [1.807, 2.05) is 0 Å². The molecule has 4 nitrogen and oxygen atoms in total. The Labute approximate surface area is 236 Å². The van der Waals surface area contributed by atoms with Gasteiger partial charge < -0.3 is 14.8 Å². The minimum absolute atomic E-state index is 0.0780. The Morgan fingerprint density at radius 3 is 1.73 bits per heavy atom. The van der Waals surface area contributed by atoms with E-state index in [1.165, 1.54) is 36.4 Å². The smallest absolute Gasteiger partial charge is 0.406 e. The van der Waals surface area contributed by atoms with Crippen molar-refractivity contribution in [3.05, 3.63) is 130 Å². The van der Waals surface area contributed by atoms with Crippen molar-refractivity contribution in [2.75, 3.05) is 6.54 Å². The Bertz CT molecular complexity index is 1430. The van der Waals surface area contributed by atoms with Gasteiger partial charge in [0.15, 0.2) is 0 Å². The minimum Gasteiger partial charge on any atom is -0.406 e. The first-order valence-corrected chi connectivity index (χ1v) is 12.5. The summed E-state index contributed by atoms with van der Waals surface area (Å²) < 4.78 is 87.0. The van der Waals surface area contributed by atoms with Crippen LogP contribution >= 0.6 is 11.6 Å². The number of carbonyl (C=O) groups is 1. The van der Waals surface area contributed by atoms with Crippen molar-refractivity contribution < 1.29 is 40.6 Å². The molecule has 214 valence electrons. The minimum atomic E-state index is -4.98. The van der Waals surface area contributed by atoms with Crippen molar-refractivity contribution in [2.45, 2.75) is 24.6 Å². The van der Waals surface area contributed by atoms with E-state index in [0.717, 1.165) is 24.3 Å². The quantitative estimate of drug-likeness (QED) is 0.200. The van der Waals surface area contributed by atoms with E-state index < -0.39 is 35.5 Å². The zero-order valence-corrected chi connectivity index (χ0v) is 21.9. The van der Waals surface area contributed by atoms with Crippen molar-refractivity contribution in [2.24, 2.45) is 0 Å². The van der Waals surface area contributed by atoms with Crippen LogP contribution in [0.5, 0.6) is 11.5 Å². The molecule has 41 heavy (non-hydrogen) atoms. The Morgan fingerprint density at radius 2 is 1.22 bits per heavy atom. The summed E-state index contributed by atoms with van der Waals surface area (Å²) in [5.41, 5.74) is 0.0337. The highest BCUT2D eigenvalue weighted by molar-refractivity contribution is 6.30. The molecule has 4 aromatic rings. The fourth-order valence-electron chi connectivity index (χ4n) is 4.53. The third kappa shape index (κ3) is 8.17. The van der Waals surface area contributed by atoms with Crippen LogP contribution in [0.4, 0.5) is 26.3 Å². The first kappa shape index (κ1) is 29.8. The second-order valence-corrected chi connectivity index (χ2v) is 9.53. The van der Waals surface area contributed by atoms with Crippen molar-refractivity contribution in [3.8, 4) is 11.5 Å². The molecule has 11 heteroatoms. The standard InChI is InChI=1S/C30H22ClF6NO3/c31-24-12-4-9-21(15-24)27(39)38-19-28(18-20-7-2-1-3-8-20,22-10-5-13-25(16-22)40-29(32,33)34)23-11-6-14-26(17-23)41-30(35,36)37/h1-17H,18-19H2,(H,38,39). The van der Waals surface area contributed by atoms with Gasteiger partial charge in [0.2, 0.25) is 0 Å². The van der Waals surface area contributed by atoms with E-state index in [4.69, 9.17) is 11.6 Å². The number of ether oxygens (including phenoxy) is 2. The van der Waals surface area contributed by atoms with Crippen LogP contribution in [0.25, 0.3) is 0 Å². The highest BCUT2D eigenvalue weighted by Gasteiger charge is 2.38. The van der Waals surface area contributed by atoms with Gasteiger partial charge in [-0.05, 0) is 65.6 Å². The molecule has 4 aromatic carbocycles. The Morgan fingerprint density at radius 1 is 0.683 bits per heavy atom. The molecule has 0 aliphatic rings. The first-order valence-electron chi connectivity index (χ1n) is 12.1. The molecule has 4 rings (SSSR count). The highest BCUT2D eigenvalue weighted by Crippen LogP contribution is 2.40. The lowest BCUT2D eigenvalue weighted by Gasteiger charge is -2.36. The normalized spacial score (nSPS) is 12.1. The monoisotopic (exact) mass is 593 g/mol. The van der Waals surface area contributed by atoms with Gasteiger partial charge in [-0.25, -0.2) is 0 Å². The number of hydrogen-bond donors (Lipinski definition) is 1. The maximum absolute atomic E-state index is 13.2. The second-order valence-electron chi connectivity index (χ2n) is 9.09. The number of carbonyl (C=O) groups excluding carboxylic acids is 1. The van der Waals surface area contributed by atoms with Gasteiger partial charge in [0, 0.05) is 22.5 Å². The van der Waals surface area contributed by atoms with E-state index >= 15 is 0 Å². The molecule has 0 bridgehead atoms. The second kappa shape index (κ2) is 12.1. The summed E-state index contributed by atoms with van der Waals surface area (Å²) in [7, 11) is 0. The van der Waals surface area contributed by atoms with Crippen LogP contribution in [-0.2, 0) is 11.8 Å². The summed E-state index contributed by atoms with van der Waals surface area (Å²) in [6, 6.07) is 25.1. The predicted molar refractivity (Wildman–Crippen MR) is 141 cm³/mol. The van der Waals surface area contributed by atoms with Crippen molar-refractivity contribution >= 4 is 17.5 Å². The van der Waals surface area contributed by atoms with Crippen LogP contribution in [0.1, 0.15) is 27.0 Å². The fourth-order valence-corrected chi connectivity index (χ4v) is 4.72. The number of benzene rings is 4. The van der Waals surface area contributed by atoms with Crippen LogP contribution < -0.4 is 14.8 Å². The molecule has 0 heterocycles. The summed E-state index contributed by atoms with van der Waals surface area (Å²) in [6.07, 6.45) is -9.89. The lowest BCUT2D eigenvalue weighted by molar-refractivity contribution is -0.275. The molecule has 1 amide bonds. The number of alkyl halides is 6. The molecule has 0 saturated carbocycles. The maximum Gasteiger partial charge on any atom is 0.573 e. The average molecular weight is 594 g/mol. The Balaban J connectivity index is 1.88. The molecule has 0 aliphatic heterocycles. The zero-order chi connectivity index (χ0) is 29.7. The van der Waals surface area contributed by atoms with Gasteiger partial charge in [-0.15, -0.1) is 26.3 Å². The predicted octanol–water partition coefficient (Wildman–Crippen LogP) is 8.10. The number of hydrogen-bond acceptors (Lipinski definition) is 3. The van der Waals surface area contributed by atoms with Gasteiger partial charge >= 0.3 is 12.7 Å². The van der Waals surface area contributed by atoms with E-state index in [9.17, 15) is 31.1 Å². The topological polar surface area (TPSA) is 47.6 Å². The lowest BCUT2D eigenvalue weighted by Crippen LogP contribution is -2.43. The van der Waals surface area contributed by atoms with Crippen LogP contribution in [-0.4, -0.2) is 25.2 Å². The van der Waals surface area contributed by atoms with Gasteiger partial charge in [-0.1, -0.05) is 72.3 Å². The largest absolute Gasteiger partial charge is 0.573 e. The van der Waals surface area contributed by atoms with Gasteiger partial charge in [0.1, 0.15) is 11.5 Å². The van der Waals surface area contributed by atoms with Crippen LogP contribution in [0.2, 0.25) is 5.02 Å². The highest BCUT2D eigenvalue weighted by atomic mass is 35.5. The number of halogens is 7. The molecule has 0 radical (unpaired) electrons. The summed E-state index contributed by atoms with van der Waals surface area (Å²) >= 11 is 6.03. The van der Waals surface area contributed by atoms with E-state index in [1.54, 1.807) is 42.5 Å². The molecular formula is C30H22ClF6NO3. The maximum atomic E-state index is 13.2.